The lowest BCUT2D eigenvalue weighted by atomic mass is 10.1. The summed E-state index contributed by atoms with van der Waals surface area (Å²) in [5.74, 6) is -0.126. The second-order valence-electron chi connectivity index (χ2n) is 6.79. The first-order valence-electron chi connectivity index (χ1n) is 8.62. The summed E-state index contributed by atoms with van der Waals surface area (Å²) in [6.45, 7) is 2.75. The predicted molar refractivity (Wildman–Crippen MR) is 99.8 cm³/mol. The molecule has 0 aliphatic carbocycles. The number of sulfonamides is 1. The van der Waals surface area contributed by atoms with Crippen LogP contribution in [0.3, 0.4) is 0 Å². The lowest BCUT2D eigenvalue weighted by Crippen LogP contribution is -2.48. The van der Waals surface area contributed by atoms with Crippen LogP contribution in [0.4, 0.5) is 0 Å². The third-order valence-corrected chi connectivity index (χ3v) is 7.04. The minimum absolute atomic E-state index is 0.126. The fourth-order valence-corrected chi connectivity index (χ4v) is 4.73. The number of likely N-dealkylation sites (tertiary alicyclic amines) is 1. The van der Waals surface area contributed by atoms with Crippen LogP contribution >= 0.6 is 0 Å². The van der Waals surface area contributed by atoms with E-state index in [9.17, 15) is 13.2 Å². The molecule has 0 bridgehead atoms. The smallest absolute Gasteiger partial charge is 0.253 e. The van der Waals surface area contributed by atoms with E-state index < -0.39 is 15.3 Å². The first kappa shape index (κ1) is 18.6. The van der Waals surface area contributed by atoms with Gasteiger partial charge in [0.1, 0.15) is 0 Å². The van der Waals surface area contributed by atoms with Crippen molar-refractivity contribution < 1.29 is 13.2 Å². The van der Waals surface area contributed by atoms with E-state index in [0.29, 0.717) is 24.9 Å². The number of amides is 1. The van der Waals surface area contributed by atoms with Crippen LogP contribution in [0.15, 0.2) is 36.7 Å². The molecule has 7 nitrogen and oxygen atoms in total. The average Bonchev–Trinajstić information content (AvgIpc) is 3.15. The molecule has 1 atom stereocenters. The number of hydrogen-bond acceptors (Lipinski definition) is 4. The van der Waals surface area contributed by atoms with Gasteiger partial charge in [-0.25, -0.2) is 17.4 Å². The van der Waals surface area contributed by atoms with Crippen molar-refractivity contribution in [3.05, 3.63) is 47.8 Å². The van der Waals surface area contributed by atoms with Gasteiger partial charge in [0.05, 0.1) is 10.9 Å². The van der Waals surface area contributed by atoms with Crippen LogP contribution in [0.5, 0.6) is 0 Å². The van der Waals surface area contributed by atoms with Gasteiger partial charge in [-0.1, -0.05) is 0 Å². The molecule has 26 heavy (non-hydrogen) atoms. The van der Waals surface area contributed by atoms with Crippen molar-refractivity contribution in [3.63, 3.8) is 0 Å². The molecule has 1 aliphatic rings. The average molecular weight is 376 g/mol. The van der Waals surface area contributed by atoms with E-state index in [4.69, 9.17) is 0 Å². The molecule has 1 aliphatic heterocycles. The van der Waals surface area contributed by atoms with Crippen LogP contribution in [0.25, 0.3) is 5.69 Å². The fourth-order valence-electron chi connectivity index (χ4n) is 3.30. The second kappa shape index (κ2) is 7.20. The number of hydrogen-bond donors (Lipinski definition) is 0. The van der Waals surface area contributed by atoms with Crippen molar-refractivity contribution >= 4 is 15.9 Å². The molecule has 1 aromatic heterocycles. The fraction of sp³-hybridized carbons (Fsp3) is 0.444. The highest BCUT2D eigenvalue weighted by atomic mass is 32.2. The van der Waals surface area contributed by atoms with E-state index in [-0.39, 0.29) is 12.5 Å². The Morgan fingerprint density at radius 2 is 2.08 bits per heavy atom. The van der Waals surface area contributed by atoms with Crippen LogP contribution in [-0.2, 0) is 10.0 Å². The number of rotatable bonds is 4. The maximum absolute atomic E-state index is 12.9. The zero-order valence-corrected chi connectivity index (χ0v) is 16.1. The van der Waals surface area contributed by atoms with Crippen molar-refractivity contribution in [1.29, 1.82) is 0 Å². The van der Waals surface area contributed by atoms with E-state index in [0.717, 1.165) is 11.3 Å². The predicted octanol–water partition coefficient (Wildman–Crippen LogP) is 1.68. The third kappa shape index (κ3) is 3.52. The van der Waals surface area contributed by atoms with Crippen molar-refractivity contribution in [1.82, 2.24) is 19.0 Å². The summed E-state index contributed by atoms with van der Waals surface area (Å²) in [5, 5.41) is 3.67. The highest BCUT2D eigenvalue weighted by Crippen LogP contribution is 2.22. The SMILES string of the molecule is Cc1cc(C(=O)N2CCCC(S(=O)(=O)N(C)C)C2)ccc1-n1cccn1. The monoisotopic (exact) mass is 376 g/mol. The van der Waals surface area contributed by atoms with Crippen molar-refractivity contribution in [2.24, 2.45) is 0 Å². The minimum Gasteiger partial charge on any atom is -0.337 e. The van der Waals surface area contributed by atoms with Gasteiger partial charge in [-0.05, 0) is 49.6 Å². The Labute approximate surface area is 154 Å². The van der Waals surface area contributed by atoms with Crippen LogP contribution < -0.4 is 0 Å². The molecule has 0 radical (unpaired) electrons. The van der Waals surface area contributed by atoms with E-state index in [2.05, 4.69) is 5.10 Å². The Morgan fingerprint density at radius 1 is 1.31 bits per heavy atom. The van der Waals surface area contributed by atoms with Crippen LogP contribution in [0, 0.1) is 6.92 Å². The molecule has 1 fully saturated rings. The largest absolute Gasteiger partial charge is 0.337 e. The molecule has 0 spiro atoms. The lowest BCUT2D eigenvalue weighted by molar-refractivity contribution is 0.0726. The molecule has 0 N–H and O–H groups in total. The molecular weight excluding hydrogens is 352 g/mol. The summed E-state index contributed by atoms with van der Waals surface area (Å²) in [6, 6.07) is 7.32. The zero-order valence-electron chi connectivity index (χ0n) is 15.3. The quantitative estimate of drug-likeness (QED) is 0.814. The molecule has 1 amide bonds. The van der Waals surface area contributed by atoms with Gasteiger partial charge < -0.3 is 4.90 Å². The highest BCUT2D eigenvalue weighted by molar-refractivity contribution is 7.89. The Kier molecular flexibility index (Phi) is 5.15. The maximum Gasteiger partial charge on any atom is 0.253 e. The summed E-state index contributed by atoms with van der Waals surface area (Å²) >= 11 is 0. The van der Waals surface area contributed by atoms with Gasteiger partial charge in [0, 0.05) is 45.1 Å². The van der Waals surface area contributed by atoms with Crippen LogP contribution in [0.1, 0.15) is 28.8 Å². The number of nitrogens with zero attached hydrogens (tertiary/aromatic N) is 4. The van der Waals surface area contributed by atoms with Crippen molar-refractivity contribution in [3.8, 4) is 5.69 Å². The molecule has 2 aromatic rings. The summed E-state index contributed by atoms with van der Waals surface area (Å²) in [4.78, 5) is 14.5. The highest BCUT2D eigenvalue weighted by Gasteiger charge is 2.34. The summed E-state index contributed by atoms with van der Waals surface area (Å²) < 4.78 is 27.8. The molecule has 1 saturated heterocycles. The van der Waals surface area contributed by atoms with E-state index >= 15 is 0 Å². The van der Waals surface area contributed by atoms with Gasteiger partial charge in [-0.2, -0.15) is 5.10 Å². The van der Waals surface area contributed by atoms with E-state index in [1.54, 1.807) is 21.8 Å². The molecule has 140 valence electrons. The summed E-state index contributed by atoms with van der Waals surface area (Å²) in [5.41, 5.74) is 2.42. The third-order valence-electron chi connectivity index (χ3n) is 4.79. The summed E-state index contributed by atoms with van der Waals surface area (Å²) in [7, 11) is -0.295. The number of aromatic nitrogens is 2. The van der Waals surface area contributed by atoms with E-state index in [1.165, 1.54) is 18.4 Å². The normalized spacial score (nSPS) is 18.3. The number of carbonyl (C=O) groups is 1. The van der Waals surface area contributed by atoms with Crippen LogP contribution in [-0.4, -0.2) is 65.7 Å². The molecule has 3 rings (SSSR count). The van der Waals surface area contributed by atoms with Gasteiger partial charge >= 0.3 is 0 Å². The standard InChI is InChI=1S/C18H24N4O3S/c1-14-12-15(7-8-17(14)22-11-5-9-19-22)18(23)21-10-4-6-16(13-21)26(24,25)20(2)3/h5,7-9,11-12,16H,4,6,10,13H2,1-3H3. The maximum atomic E-state index is 12.9. The Bertz CT molecular complexity index is 891. The van der Waals surface area contributed by atoms with Crippen molar-refractivity contribution in [2.45, 2.75) is 25.0 Å². The number of aryl methyl sites for hydroxylation is 1. The van der Waals surface area contributed by atoms with Gasteiger partial charge in [-0.3, -0.25) is 4.79 Å². The molecule has 0 saturated carbocycles. The van der Waals surface area contributed by atoms with Gasteiger partial charge in [0.2, 0.25) is 10.0 Å². The molecule has 1 aromatic carbocycles. The molecule has 1 unspecified atom stereocenters. The number of carbonyl (C=O) groups excluding carboxylic acids is 1. The number of piperidine rings is 1. The molecular formula is C18H24N4O3S. The van der Waals surface area contributed by atoms with Gasteiger partial charge in [0.25, 0.3) is 5.91 Å². The van der Waals surface area contributed by atoms with Gasteiger partial charge in [0.15, 0.2) is 0 Å². The first-order chi connectivity index (χ1) is 12.3. The number of benzene rings is 1. The first-order valence-corrected chi connectivity index (χ1v) is 10.1. The van der Waals surface area contributed by atoms with E-state index in [1.807, 2.05) is 31.3 Å². The summed E-state index contributed by atoms with van der Waals surface area (Å²) in [6.07, 6.45) is 4.83. The Morgan fingerprint density at radius 3 is 2.69 bits per heavy atom. The molecule has 8 heteroatoms. The topological polar surface area (TPSA) is 75.5 Å². The molecule has 2 heterocycles. The second-order valence-corrected chi connectivity index (χ2v) is 9.22. The Hall–Kier alpha value is -2.19. The van der Waals surface area contributed by atoms with Crippen molar-refractivity contribution in [2.75, 3.05) is 27.2 Å². The van der Waals surface area contributed by atoms with Gasteiger partial charge in [-0.15, -0.1) is 0 Å². The minimum atomic E-state index is -3.37. The zero-order chi connectivity index (χ0) is 18.9. The van der Waals surface area contributed by atoms with Crippen LogP contribution in [0.2, 0.25) is 0 Å². The lowest BCUT2D eigenvalue weighted by Gasteiger charge is -2.33. The Balaban J connectivity index is 1.80.